The molecule has 1 fully saturated rings. The maximum absolute atomic E-state index is 5.60. The fraction of sp³-hybridized carbons (Fsp3) is 0.636. The molecule has 5 heteroatoms. The first kappa shape index (κ1) is 11.3. The summed E-state index contributed by atoms with van der Waals surface area (Å²) in [5.41, 5.74) is 0.753. The maximum Gasteiger partial charge on any atom is 0.237 e. The first-order valence-corrected chi connectivity index (χ1v) is 5.55. The molecule has 2 heterocycles. The molecule has 1 N–H and O–H groups in total. The molecule has 0 aliphatic carbocycles. The molecule has 1 saturated heterocycles. The van der Waals surface area contributed by atoms with E-state index in [0.29, 0.717) is 18.5 Å². The van der Waals surface area contributed by atoms with E-state index in [2.05, 4.69) is 15.3 Å². The van der Waals surface area contributed by atoms with E-state index in [4.69, 9.17) is 9.47 Å². The van der Waals surface area contributed by atoms with Crippen LogP contribution in [0.1, 0.15) is 18.5 Å². The second-order valence-corrected chi connectivity index (χ2v) is 3.82. The number of rotatable bonds is 5. The van der Waals surface area contributed by atoms with E-state index < -0.39 is 0 Å². The Morgan fingerprint density at radius 2 is 2.31 bits per heavy atom. The molecule has 0 saturated carbocycles. The fourth-order valence-corrected chi connectivity index (χ4v) is 1.82. The van der Waals surface area contributed by atoms with Crippen LogP contribution in [0.4, 0.5) is 0 Å². The van der Waals surface area contributed by atoms with Gasteiger partial charge in [0.25, 0.3) is 0 Å². The summed E-state index contributed by atoms with van der Waals surface area (Å²) >= 11 is 0. The van der Waals surface area contributed by atoms with Crippen molar-refractivity contribution in [3.8, 4) is 5.88 Å². The first-order valence-electron chi connectivity index (χ1n) is 5.55. The van der Waals surface area contributed by atoms with E-state index in [1.807, 2.05) is 0 Å². The van der Waals surface area contributed by atoms with E-state index in [9.17, 15) is 0 Å². The maximum atomic E-state index is 5.60. The average Bonchev–Trinajstić information content (AvgIpc) is 2.83. The summed E-state index contributed by atoms with van der Waals surface area (Å²) in [4.78, 5) is 8.25. The van der Waals surface area contributed by atoms with Crippen LogP contribution in [0.15, 0.2) is 12.4 Å². The Balaban J connectivity index is 1.79. The van der Waals surface area contributed by atoms with Gasteiger partial charge in [-0.25, -0.2) is 4.98 Å². The predicted molar refractivity (Wildman–Crippen MR) is 59.3 cm³/mol. The van der Waals surface area contributed by atoms with Crippen molar-refractivity contribution in [3.63, 3.8) is 0 Å². The highest BCUT2D eigenvalue weighted by Gasteiger charge is 2.14. The molecule has 0 spiro atoms. The Kier molecular flexibility index (Phi) is 4.07. The predicted octanol–water partition coefficient (Wildman–Crippen LogP) is 0.754. The van der Waals surface area contributed by atoms with Crippen LogP contribution in [-0.2, 0) is 11.3 Å². The second kappa shape index (κ2) is 5.77. The van der Waals surface area contributed by atoms with Crippen LogP contribution in [0.5, 0.6) is 5.88 Å². The van der Waals surface area contributed by atoms with Crippen LogP contribution >= 0.6 is 0 Å². The number of nitrogens with zero attached hydrogens (tertiary/aromatic N) is 2. The summed E-state index contributed by atoms with van der Waals surface area (Å²) in [6.45, 7) is 2.28. The van der Waals surface area contributed by atoms with E-state index in [1.54, 1.807) is 19.5 Å². The first-order chi connectivity index (χ1) is 7.90. The van der Waals surface area contributed by atoms with Gasteiger partial charge in [-0.05, 0) is 19.4 Å². The molecule has 0 aromatic carbocycles. The molecule has 1 atom stereocenters. The zero-order valence-corrected chi connectivity index (χ0v) is 9.48. The summed E-state index contributed by atoms with van der Waals surface area (Å²) in [6, 6.07) is 0.489. The van der Waals surface area contributed by atoms with Crippen molar-refractivity contribution in [1.29, 1.82) is 0 Å². The molecule has 16 heavy (non-hydrogen) atoms. The third-order valence-electron chi connectivity index (χ3n) is 2.65. The Morgan fingerprint density at radius 1 is 1.44 bits per heavy atom. The van der Waals surface area contributed by atoms with Crippen LogP contribution in [-0.4, -0.2) is 36.3 Å². The van der Waals surface area contributed by atoms with Crippen LogP contribution in [0.25, 0.3) is 0 Å². The van der Waals surface area contributed by atoms with Crippen molar-refractivity contribution in [1.82, 2.24) is 15.3 Å². The molecular formula is C11H17N3O2. The molecule has 1 aliphatic heterocycles. The Hall–Kier alpha value is -1.20. The SMILES string of the molecule is COc1nccnc1COC[C@H]1CCCN1. The number of hydrogen-bond donors (Lipinski definition) is 1. The van der Waals surface area contributed by atoms with Crippen molar-refractivity contribution < 1.29 is 9.47 Å². The molecule has 0 amide bonds. The molecule has 0 unspecified atom stereocenters. The summed E-state index contributed by atoms with van der Waals surface area (Å²) in [6.07, 6.45) is 5.69. The third kappa shape index (κ3) is 2.90. The van der Waals surface area contributed by atoms with Crippen LogP contribution in [0, 0.1) is 0 Å². The molecule has 88 valence electrons. The van der Waals surface area contributed by atoms with Gasteiger partial charge in [-0.15, -0.1) is 0 Å². The molecular weight excluding hydrogens is 206 g/mol. The smallest absolute Gasteiger partial charge is 0.237 e. The molecule has 2 rings (SSSR count). The average molecular weight is 223 g/mol. The minimum Gasteiger partial charge on any atom is -0.480 e. The molecule has 1 aromatic rings. The van der Waals surface area contributed by atoms with Crippen LogP contribution in [0.2, 0.25) is 0 Å². The lowest BCUT2D eigenvalue weighted by Gasteiger charge is -2.11. The lowest BCUT2D eigenvalue weighted by atomic mass is 10.2. The molecule has 1 aliphatic rings. The lowest BCUT2D eigenvalue weighted by Crippen LogP contribution is -2.26. The summed E-state index contributed by atoms with van der Waals surface area (Å²) < 4.78 is 10.7. The summed E-state index contributed by atoms with van der Waals surface area (Å²) in [5.74, 6) is 0.543. The number of hydrogen-bond acceptors (Lipinski definition) is 5. The topological polar surface area (TPSA) is 56.3 Å². The quantitative estimate of drug-likeness (QED) is 0.798. The second-order valence-electron chi connectivity index (χ2n) is 3.82. The van der Waals surface area contributed by atoms with Gasteiger partial charge in [-0.2, -0.15) is 0 Å². The Bertz CT molecular complexity index is 327. The molecule has 0 radical (unpaired) electrons. The minimum absolute atomic E-state index is 0.454. The monoisotopic (exact) mass is 223 g/mol. The van der Waals surface area contributed by atoms with Crippen molar-refractivity contribution in [3.05, 3.63) is 18.1 Å². The highest BCUT2D eigenvalue weighted by Crippen LogP contribution is 2.12. The normalized spacial score (nSPS) is 19.9. The van der Waals surface area contributed by atoms with Crippen molar-refractivity contribution >= 4 is 0 Å². The minimum atomic E-state index is 0.454. The molecule has 0 bridgehead atoms. The van der Waals surface area contributed by atoms with Gasteiger partial charge < -0.3 is 14.8 Å². The van der Waals surface area contributed by atoms with Crippen LogP contribution < -0.4 is 10.1 Å². The molecule has 1 aromatic heterocycles. The highest BCUT2D eigenvalue weighted by molar-refractivity contribution is 5.15. The largest absolute Gasteiger partial charge is 0.480 e. The van der Waals surface area contributed by atoms with Crippen LogP contribution in [0.3, 0.4) is 0 Å². The third-order valence-corrected chi connectivity index (χ3v) is 2.65. The highest BCUT2D eigenvalue weighted by atomic mass is 16.5. The van der Waals surface area contributed by atoms with Crippen molar-refractivity contribution in [2.45, 2.75) is 25.5 Å². The van der Waals surface area contributed by atoms with Gasteiger partial charge in [-0.1, -0.05) is 0 Å². The van der Waals surface area contributed by atoms with Crippen molar-refractivity contribution in [2.24, 2.45) is 0 Å². The van der Waals surface area contributed by atoms with Gasteiger partial charge in [-0.3, -0.25) is 4.98 Å². The standard InChI is InChI=1S/C11H17N3O2/c1-15-11-10(13-5-6-14-11)8-16-7-9-3-2-4-12-9/h5-6,9,12H,2-4,7-8H2,1H3/t9-/m1/s1. The Labute approximate surface area is 95.2 Å². The van der Waals surface area contributed by atoms with Gasteiger partial charge in [0.15, 0.2) is 0 Å². The van der Waals surface area contributed by atoms with Gasteiger partial charge in [0.05, 0.1) is 20.3 Å². The van der Waals surface area contributed by atoms with E-state index in [-0.39, 0.29) is 0 Å². The number of ether oxygens (including phenoxy) is 2. The zero-order valence-electron chi connectivity index (χ0n) is 9.48. The number of methoxy groups -OCH3 is 1. The summed E-state index contributed by atoms with van der Waals surface area (Å²) in [5, 5.41) is 3.38. The summed E-state index contributed by atoms with van der Waals surface area (Å²) in [7, 11) is 1.59. The van der Waals surface area contributed by atoms with Gasteiger partial charge in [0, 0.05) is 18.4 Å². The Morgan fingerprint density at radius 3 is 3.06 bits per heavy atom. The van der Waals surface area contributed by atoms with Gasteiger partial charge in [0.1, 0.15) is 5.69 Å². The van der Waals surface area contributed by atoms with E-state index >= 15 is 0 Å². The molecule has 5 nitrogen and oxygen atoms in total. The van der Waals surface area contributed by atoms with Crippen molar-refractivity contribution in [2.75, 3.05) is 20.3 Å². The fourth-order valence-electron chi connectivity index (χ4n) is 1.82. The van der Waals surface area contributed by atoms with E-state index in [1.165, 1.54) is 12.8 Å². The lowest BCUT2D eigenvalue weighted by molar-refractivity contribution is 0.0987. The van der Waals surface area contributed by atoms with Gasteiger partial charge in [0.2, 0.25) is 5.88 Å². The van der Waals surface area contributed by atoms with E-state index in [0.717, 1.165) is 18.8 Å². The zero-order chi connectivity index (χ0) is 11.2. The number of nitrogens with one attached hydrogen (secondary N) is 1. The van der Waals surface area contributed by atoms with Gasteiger partial charge >= 0.3 is 0 Å². The number of aromatic nitrogens is 2.